The molecule has 1 aromatic heterocycles. The molecule has 0 bridgehead atoms. The predicted octanol–water partition coefficient (Wildman–Crippen LogP) is 1.80. The third kappa shape index (κ3) is 3.92. The summed E-state index contributed by atoms with van der Waals surface area (Å²) in [5, 5.41) is 11.4. The van der Waals surface area contributed by atoms with Crippen LogP contribution in [0.2, 0.25) is 0 Å². The molecule has 22 heavy (non-hydrogen) atoms. The average Bonchev–Trinajstić information content (AvgIpc) is 3.03. The van der Waals surface area contributed by atoms with E-state index in [1.165, 1.54) is 7.05 Å². The van der Waals surface area contributed by atoms with Crippen molar-refractivity contribution >= 4 is 21.4 Å². The maximum absolute atomic E-state index is 11.6. The van der Waals surface area contributed by atoms with E-state index in [1.807, 2.05) is 0 Å². The van der Waals surface area contributed by atoms with Gasteiger partial charge in [0, 0.05) is 10.5 Å². The summed E-state index contributed by atoms with van der Waals surface area (Å²) in [6.07, 6.45) is 0. The third-order valence-electron chi connectivity index (χ3n) is 2.53. The summed E-state index contributed by atoms with van der Waals surface area (Å²) < 4.78 is 30.7. The minimum Gasteiger partial charge on any atom is -0.493 e. The Morgan fingerprint density at radius 2 is 2.09 bits per heavy atom. The zero-order valence-corrected chi connectivity index (χ0v) is 13.1. The van der Waals surface area contributed by atoms with Crippen LogP contribution in [0.1, 0.15) is 0 Å². The lowest BCUT2D eigenvalue weighted by Gasteiger charge is -2.04. The van der Waals surface area contributed by atoms with Crippen LogP contribution in [0.4, 0.5) is 0 Å². The summed E-state index contributed by atoms with van der Waals surface area (Å²) in [6, 6.07) is 6.94. The SMILES string of the molecule is CNS(=O)(=O)c1nnc(-c2ccc(OCCN=[N+]=[N-])cc2)s1. The molecule has 0 amide bonds. The fourth-order valence-corrected chi connectivity index (χ4v) is 3.30. The molecule has 1 aromatic carbocycles. The summed E-state index contributed by atoms with van der Waals surface area (Å²) >= 11 is 0.979. The number of nitrogens with one attached hydrogen (secondary N) is 1. The normalized spacial score (nSPS) is 11.0. The van der Waals surface area contributed by atoms with Crippen LogP contribution in [0.3, 0.4) is 0 Å². The standard InChI is InChI=1S/C11H12N6O3S2/c1-13-22(18,19)11-16-15-10(21-11)8-2-4-9(5-3-8)20-7-6-14-17-12/h2-5,13H,6-7H2,1H3. The highest BCUT2D eigenvalue weighted by atomic mass is 32.2. The van der Waals surface area contributed by atoms with Crippen molar-refractivity contribution in [3.8, 4) is 16.3 Å². The van der Waals surface area contributed by atoms with Gasteiger partial charge < -0.3 is 4.74 Å². The highest BCUT2D eigenvalue weighted by Gasteiger charge is 2.18. The Hall–Kier alpha value is -2.20. The van der Waals surface area contributed by atoms with E-state index in [2.05, 4.69) is 24.9 Å². The van der Waals surface area contributed by atoms with Gasteiger partial charge in [-0.3, -0.25) is 0 Å². The molecular formula is C11H12N6O3S2. The van der Waals surface area contributed by atoms with E-state index >= 15 is 0 Å². The molecule has 11 heteroatoms. The van der Waals surface area contributed by atoms with Crippen molar-refractivity contribution in [2.24, 2.45) is 5.11 Å². The number of benzene rings is 1. The van der Waals surface area contributed by atoms with Gasteiger partial charge in [0.05, 0.1) is 13.2 Å². The molecular weight excluding hydrogens is 328 g/mol. The number of hydrogen-bond donors (Lipinski definition) is 1. The van der Waals surface area contributed by atoms with Gasteiger partial charge in [-0.1, -0.05) is 16.5 Å². The van der Waals surface area contributed by atoms with Crippen LogP contribution in [-0.2, 0) is 10.0 Å². The van der Waals surface area contributed by atoms with E-state index in [0.29, 0.717) is 10.8 Å². The molecule has 9 nitrogen and oxygen atoms in total. The number of nitrogens with zero attached hydrogens (tertiary/aromatic N) is 5. The number of ether oxygens (including phenoxy) is 1. The van der Waals surface area contributed by atoms with Crippen molar-refractivity contribution in [3.63, 3.8) is 0 Å². The fraction of sp³-hybridized carbons (Fsp3) is 0.273. The van der Waals surface area contributed by atoms with Gasteiger partial charge in [0.2, 0.25) is 4.34 Å². The lowest BCUT2D eigenvalue weighted by molar-refractivity contribution is 0.328. The maximum atomic E-state index is 11.6. The van der Waals surface area contributed by atoms with Gasteiger partial charge in [-0.25, -0.2) is 13.1 Å². The summed E-state index contributed by atoms with van der Waals surface area (Å²) in [5.41, 5.74) is 8.88. The average molecular weight is 340 g/mol. The first-order valence-corrected chi connectivity index (χ1v) is 8.38. The minimum absolute atomic E-state index is 0.0836. The van der Waals surface area contributed by atoms with E-state index in [9.17, 15) is 8.42 Å². The van der Waals surface area contributed by atoms with Gasteiger partial charge in [-0.05, 0) is 36.8 Å². The Kier molecular flexibility index (Phi) is 5.28. The Bertz CT molecular complexity index is 780. The maximum Gasteiger partial charge on any atom is 0.269 e. The van der Waals surface area contributed by atoms with Crippen LogP contribution in [0.25, 0.3) is 21.0 Å². The smallest absolute Gasteiger partial charge is 0.269 e. The minimum atomic E-state index is -3.58. The molecule has 0 atom stereocenters. The second-order valence-corrected chi connectivity index (χ2v) is 6.95. The molecule has 0 spiro atoms. The second-order valence-electron chi connectivity index (χ2n) is 3.91. The highest BCUT2D eigenvalue weighted by Crippen LogP contribution is 2.27. The molecule has 1 heterocycles. The van der Waals surface area contributed by atoms with Gasteiger partial charge in [0.25, 0.3) is 10.0 Å². The van der Waals surface area contributed by atoms with Crippen LogP contribution in [0.5, 0.6) is 5.75 Å². The van der Waals surface area contributed by atoms with Crippen LogP contribution >= 0.6 is 11.3 Å². The topological polar surface area (TPSA) is 130 Å². The predicted molar refractivity (Wildman–Crippen MR) is 81.1 cm³/mol. The van der Waals surface area contributed by atoms with Gasteiger partial charge in [-0.2, -0.15) is 0 Å². The summed E-state index contributed by atoms with van der Waals surface area (Å²) in [6.45, 7) is 0.534. The quantitative estimate of drug-likeness (QED) is 0.355. The first kappa shape index (κ1) is 16.2. The molecule has 116 valence electrons. The van der Waals surface area contributed by atoms with Crippen molar-refractivity contribution < 1.29 is 13.2 Å². The summed E-state index contributed by atoms with van der Waals surface area (Å²) in [5.74, 6) is 0.615. The van der Waals surface area contributed by atoms with Crippen LogP contribution < -0.4 is 9.46 Å². The van der Waals surface area contributed by atoms with Gasteiger partial charge in [-0.15, -0.1) is 10.2 Å². The lowest BCUT2D eigenvalue weighted by Crippen LogP contribution is -2.18. The van der Waals surface area contributed by atoms with Crippen LogP contribution in [-0.4, -0.2) is 38.8 Å². The van der Waals surface area contributed by atoms with Crippen molar-refractivity contribution in [3.05, 3.63) is 34.7 Å². The van der Waals surface area contributed by atoms with E-state index < -0.39 is 10.0 Å². The van der Waals surface area contributed by atoms with Crippen LogP contribution in [0, 0.1) is 0 Å². The largest absolute Gasteiger partial charge is 0.493 e. The Morgan fingerprint density at radius 1 is 1.36 bits per heavy atom. The van der Waals surface area contributed by atoms with E-state index in [4.69, 9.17) is 10.3 Å². The lowest BCUT2D eigenvalue weighted by atomic mass is 10.2. The number of azide groups is 1. The molecule has 0 saturated heterocycles. The Labute approximate surface area is 130 Å². The highest BCUT2D eigenvalue weighted by molar-refractivity contribution is 7.91. The molecule has 1 N–H and O–H groups in total. The third-order valence-corrected chi connectivity index (χ3v) is 5.28. The molecule has 0 aliphatic rings. The van der Waals surface area contributed by atoms with Crippen LogP contribution in [0.15, 0.2) is 33.7 Å². The molecule has 0 aliphatic carbocycles. The number of rotatable bonds is 7. The summed E-state index contributed by atoms with van der Waals surface area (Å²) in [7, 11) is -2.26. The van der Waals surface area contributed by atoms with Crippen molar-refractivity contribution in [1.29, 1.82) is 0 Å². The fourth-order valence-electron chi connectivity index (χ4n) is 1.47. The number of hydrogen-bond acceptors (Lipinski definition) is 7. The molecule has 2 rings (SSSR count). The molecule has 0 radical (unpaired) electrons. The van der Waals surface area contributed by atoms with Gasteiger partial charge in [0.15, 0.2) is 0 Å². The molecule has 2 aromatic rings. The van der Waals surface area contributed by atoms with E-state index in [1.54, 1.807) is 24.3 Å². The number of sulfonamides is 1. The number of aromatic nitrogens is 2. The Morgan fingerprint density at radius 3 is 2.73 bits per heavy atom. The second kappa shape index (κ2) is 7.18. The van der Waals surface area contributed by atoms with Crippen molar-refractivity contribution in [2.75, 3.05) is 20.2 Å². The van der Waals surface area contributed by atoms with E-state index in [-0.39, 0.29) is 17.5 Å². The van der Waals surface area contributed by atoms with Crippen molar-refractivity contribution in [2.45, 2.75) is 4.34 Å². The monoisotopic (exact) mass is 340 g/mol. The Balaban J connectivity index is 2.09. The molecule has 0 unspecified atom stereocenters. The van der Waals surface area contributed by atoms with Gasteiger partial charge in [0.1, 0.15) is 10.8 Å². The van der Waals surface area contributed by atoms with Gasteiger partial charge >= 0.3 is 0 Å². The first-order valence-electron chi connectivity index (χ1n) is 6.08. The zero-order chi connectivity index (χ0) is 16.0. The first-order chi connectivity index (χ1) is 10.6. The molecule has 0 fully saturated rings. The zero-order valence-electron chi connectivity index (χ0n) is 11.5. The van der Waals surface area contributed by atoms with Crippen molar-refractivity contribution in [1.82, 2.24) is 14.9 Å². The molecule has 0 aliphatic heterocycles. The molecule has 0 saturated carbocycles. The van der Waals surface area contributed by atoms with E-state index in [0.717, 1.165) is 16.9 Å². The summed E-state index contributed by atoms with van der Waals surface area (Å²) in [4.78, 5) is 2.63.